The van der Waals surface area contributed by atoms with Gasteiger partial charge in [0.15, 0.2) is 24.0 Å². The number of carbonyl (C=O) groups excluding carboxylic acids is 1. The molecule has 0 saturated carbocycles. The molecular formula is C10H12F2N2O2. The lowest BCUT2D eigenvalue weighted by atomic mass is 10.1. The Morgan fingerprint density at radius 1 is 1.31 bits per heavy atom. The van der Waals surface area contributed by atoms with Crippen molar-refractivity contribution in [2.24, 2.45) is 11.5 Å². The number of halogens is 2. The van der Waals surface area contributed by atoms with Crippen molar-refractivity contribution in [3.05, 3.63) is 29.3 Å². The zero-order valence-corrected chi connectivity index (χ0v) is 8.50. The predicted octanol–water partition coefficient (Wildman–Crippen LogP) is 0.330. The summed E-state index contributed by atoms with van der Waals surface area (Å²) in [5.74, 6) is -3.14. The third-order valence-corrected chi connectivity index (χ3v) is 1.85. The molecule has 1 amide bonds. The molecule has 0 aromatic heterocycles. The zero-order valence-electron chi connectivity index (χ0n) is 8.50. The normalized spacial score (nSPS) is 10.2. The smallest absolute Gasteiger partial charge is 0.255 e. The molecule has 1 aromatic carbocycles. The van der Waals surface area contributed by atoms with E-state index in [1.54, 1.807) is 0 Å². The number of amides is 1. The number of rotatable bonds is 5. The lowest BCUT2D eigenvalue weighted by molar-refractivity contribution is -0.120. The average molecular weight is 230 g/mol. The van der Waals surface area contributed by atoms with Crippen molar-refractivity contribution in [3.8, 4) is 5.75 Å². The summed E-state index contributed by atoms with van der Waals surface area (Å²) in [5.41, 5.74) is 10.5. The van der Waals surface area contributed by atoms with E-state index in [1.165, 1.54) is 0 Å². The van der Waals surface area contributed by atoms with Crippen LogP contribution in [0.4, 0.5) is 8.78 Å². The summed E-state index contributed by atoms with van der Waals surface area (Å²) in [5, 5.41) is 0. The molecular weight excluding hydrogens is 218 g/mol. The van der Waals surface area contributed by atoms with E-state index in [9.17, 15) is 13.6 Å². The number of nitrogens with two attached hydrogens (primary N) is 2. The number of ether oxygens (including phenoxy) is 1. The topological polar surface area (TPSA) is 78.3 Å². The molecule has 0 aliphatic carbocycles. The van der Waals surface area contributed by atoms with E-state index in [1.807, 2.05) is 0 Å². The molecule has 1 aromatic rings. The highest BCUT2D eigenvalue weighted by molar-refractivity contribution is 5.75. The minimum atomic E-state index is -0.871. The largest absolute Gasteiger partial charge is 0.478 e. The molecule has 0 atom stereocenters. The maximum atomic E-state index is 13.3. The third kappa shape index (κ3) is 3.16. The van der Waals surface area contributed by atoms with E-state index < -0.39 is 29.9 Å². The second-order valence-electron chi connectivity index (χ2n) is 3.18. The van der Waals surface area contributed by atoms with Gasteiger partial charge in [0.05, 0.1) is 0 Å². The van der Waals surface area contributed by atoms with Gasteiger partial charge in [0, 0.05) is 0 Å². The standard InChI is InChI=1S/C10H12F2N2O2/c11-7-3-6(1-2-13)4-8(12)10(7)16-5-9(14)15/h3-4H,1-2,5,13H2,(H2,14,15). The number of hydrogen-bond acceptors (Lipinski definition) is 3. The number of carbonyl (C=O) groups is 1. The van der Waals surface area contributed by atoms with Gasteiger partial charge in [-0.05, 0) is 30.7 Å². The molecule has 0 saturated heterocycles. The fourth-order valence-corrected chi connectivity index (χ4v) is 1.20. The Labute approximate surface area is 91.2 Å². The Kier molecular flexibility index (Phi) is 4.19. The van der Waals surface area contributed by atoms with Crippen molar-refractivity contribution < 1.29 is 18.3 Å². The van der Waals surface area contributed by atoms with Crippen molar-refractivity contribution in [1.82, 2.24) is 0 Å². The average Bonchev–Trinajstić information content (AvgIpc) is 2.16. The van der Waals surface area contributed by atoms with Gasteiger partial charge >= 0.3 is 0 Å². The fraction of sp³-hybridized carbons (Fsp3) is 0.300. The van der Waals surface area contributed by atoms with Gasteiger partial charge in [0.1, 0.15) is 0 Å². The molecule has 4 nitrogen and oxygen atoms in total. The monoisotopic (exact) mass is 230 g/mol. The van der Waals surface area contributed by atoms with Crippen LogP contribution in [0.5, 0.6) is 5.75 Å². The van der Waals surface area contributed by atoms with E-state index in [0.717, 1.165) is 12.1 Å². The Morgan fingerprint density at radius 2 is 1.88 bits per heavy atom. The van der Waals surface area contributed by atoms with E-state index in [2.05, 4.69) is 4.74 Å². The molecule has 0 radical (unpaired) electrons. The van der Waals surface area contributed by atoms with E-state index >= 15 is 0 Å². The van der Waals surface area contributed by atoms with Crippen LogP contribution < -0.4 is 16.2 Å². The molecule has 0 aliphatic heterocycles. The van der Waals surface area contributed by atoms with Gasteiger partial charge in [-0.1, -0.05) is 0 Å². The van der Waals surface area contributed by atoms with Crippen LogP contribution >= 0.6 is 0 Å². The van der Waals surface area contributed by atoms with Crippen molar-refractivity contribution >= 4 is 5.91 Å². The molecule has 0 aliphatic rings. The predicted molar refractivity (Wildman–Crippen MR) is 53.8 cm³/mol. The van der Waals surface area contributed by atoms with Crippen LogP contribution in [0.1, 0.15) is 5.56 Å². The first-order valence-electron chi connectivity index (χ1n) is 4.63. The zero-order chi connectivity index (χ0) is 12.1. The number of primary amides is 1. The van der Waals surface area contributed by atoms with Crippen LogP contribution in [0.15, 0.2) is 12.1 Å². The Bertz CT molecular complexity index is 373. The van der Waals surface area contributed by atoms with Crippen molar-refractivity contribution in [3.63, 3.8) is 0 Å². The van der Waals surface area contributed by atoms with Crippen LogP contribution in [-0.2, 0) is 11.2 Å². The van der Waals surface area contributed by atoms with Crippen LogP contribution in [0.3, 0.4) is 0 Å². The van der Waals surface area contributed by atoms with Crippen molar-refractivity contribution in [2.75, 3.05) is 13.2 Å². The molecule has 0 unspecified atom stereocenters. The van der Waals surface area contributed by atoms with Crippen LogP contribution in [0, 0.1) is 11.6 Å². The first-order valence-corrected chi connectivity index (χ1v) is 4.63. The van der Waals surface area contributed by atoms with Crippen LogP contribution in [0.25, 0.3) is 0 Å². The lowest BCUT2D eigenvalue weighted by Gasteiger charge is -2.08. The summed E-state index contributed by atoms with van der Waals surface area (Å²) in [6.07, 6.45) is 0.365. The van der Waals surface area contributed by atoms with E-state index in [0.29, 0.717) is 18.5 Å². The molecule has 6 heteroatoms. The molecule has 0 spiro atoms. The van der Waals surface area contributed by atoms with E-state index in [4.69, 9.17) is 11.5 Å². The molecule has 4 N–H and O–H groups in total. The summed E-state index contributed by atoms with van der Waals surface area (Å²) < 4.78 is 31.3. The summed E-state index contributed by atoms with van der Waals surface area (Å²) >= 11 is 0. The molecule has 88 valence electrons. The van der Waals surface area contributed by atoms with Gasteiger partial charge in [0.2, 0.25) is 0 Å². The Balaban J connectivity index is 2.89. The molecule has 16 heavy (non-hydrogen) atoms. The maximum Gasteiger partial charge on any atom is 0.255 e. The minimum Gasteiger partial charge on any atom is -0.478 e. The van der Waals surface area contributed by atoms with Gasteiger partial charge in [-0.3, -0.25) is 4.79 Å². The maximum absolute atomic E-state index is 13.3. The van der Waals surface area contributed by atoms with Gasteiger partial charge in [-0.2, -0.15) is 0 Å². The molecule has 0 bridgehead atoms. The second kappa shape index (κ2) is 5.41. The summed E-state index contributed by atoms with van der Waals surface area (Å²) in [6, 6.07) is 2.23. The highest BCUT2D eigenvalue weighted by atomic mass is 19.1. The number of benzene rings is 1. The third-order valence-electron chi connectivity index (χ3n) is 1.85. The van der Waals surface area contributed by atoms with Gasteiger partial charge < -0.3 is 16.2 Å². The Hall–Kier alpha value is -1.69. The van der Waals surface area contributed by atoms with E-state index in [-0.39, 0.29) is 0 Å². The van der Waals surface area contributed by atoms with Gasteiger partial charge in [0.25, 0.3) is 5.91 Å². The summed E-state index contributed by atoms with van der Waals surface area (Å²) in [7, 11) is 0. The molecule has 0 fully saturated rings. The summed E-state index contributed by atoms with van der Waals surface area (Å²) in [6.45, 7) is -0.273. The van der Waals surface area contributed by atoms with Gasteiger partial charge in [-0.15, -0.1) is 0 Å². The molecule has 1 rings (SSSR count). The lowest BCUT2D eigenvalue weighted by Crippen LogP contribution is -2.21. The first kappa shape index (κ1) is 12.4. The first-order chi connectivity index (χ1) is 7.54. The quantitative estimate of drug-likeness (QED) is 0.765. The van der Waals surface area contributed by atoms with Crippen molar-refractivity contribution in [2.45, 2.75) is 6.42 Å². The highest BCUT2D eigenvalue weighted by Crippen LogP contribution is 2.23. The fourth-order valence-electron chi connectivity index (χ4n) is 1.20. The molecule has 0 heterocycles. The van der Waals surface area contributed by atoms with Crippen molar-refractivity contribution in [1.29, 1.82) is 0 Å². The van der Waals surface area contributed by atoms with Gasteiger partial charge in [-0.25, -0.2) is 8.78 Å². The number of hydrogen-bond donors (Lipinski definition) is 2. The van der Waals surface area contributed by atoms with Crippen LogP contribution in [0.2, 0.25) is 0 Å². The highest BCUT2D eigenvalue weighted by Gasteiger charge is 2.13. The summed E-state index contributed by atoms with van der Waals surface area (Å²) in [4.78, 5) is 10.4. The minimum absolute atomic E-state index is 0.292. The second-order valence-corrected chi connectivity index (χ2v) is 3.18. The van der Waals surface area contributed by atoms with Crippen LogP contribution in [-0.4, -0.2) is 19.1 Å². The SMILES string of the molecule is NCCc1cc(F)c(OCC(N)=O)c(F)c1. The Morgan fingerprint density at radius 3 is 2.31 bits per heavy atom.